The molecule has 4 rings (SSSR count). The van der Waals surface area contributed by atoms with Crippen molar-refractivity contribution in [1.82, 2.24) is 5.43 Å². The second-order valence-electron chi connectivity index (χ2n) is 11.9. The molecule has 0 amide bonds. The molecule has 0 fully saturated rings. The molecule has 2 aliphatic rings. The standard InChI is InChI=1S/C30H37N3O2/c1-28(2,3)21-14-16-22(17-15-21)30(7,27(34)35)19-20-12-13-23(29(4,5)6)18-26(20)33-31-24-10-8-9-11-25(24)32-33/h8-18,24,31H,19H2,1-7H3,(H,34,35). The molecule has 2 aromatic carbocycles. The average molecular weight is 472 g/mol. The van der Waals surface area contributed by atoms with E-state index in [4.69, 9.17) is 5.10 Å². The van der Waals surface area contributed by atoms with Crippen molar-refractivity contribution in [1.29, 1.82) is 0 Å². The smallest absolute Gasteiger partial charge is 0.314 e. The zero-order valence-electron chi connectivity index (χ0n) is 21.9. The van der Waals surface area contributed by atoms with Crippen LogP contribution in [-0.2, 0) is 27.5 Å². The Balaban J connectivity index is 1.76. The van der Waals surface area contributed by atoms with Gasteiger partial charge in [-0.2, -0.15) is 15.6 Å². The highest BCUT2D eigenvalue weighted by Crippen LogP contribution is 2.37. The fourth-order valence-electron chi connectivity index (χ4n) is 4.53. The Morgan fingerprint density at radius 2 is 1.51 bits per heavy atom. The van der Waals surface area contributed by atoms with E-state index in [1.807, 2.05) is 42.4 Å². The van der Waals surface area contributed by atoms with Crippen LogP contribution in [0.4, 0.5) is 5.69 Å². The van der Waals surface area contributed by atoms with Crippen LogP contribution in [0.25, 0.3) is 0 Å². The summed E-state index contributed by atoms with van der Waals surface area (Å²) in [5.41, 5.74) is 8.24. The number of nitrogens with one attached hydrogen (secondary N) is 1. The predicted molar refractivity (Wildman–Crippen MR) is 144 cm³/mol. The molecular weight excluding hydrogens is 434 g/mol. The number of carboxylic acids is 1. The van der Waals surface area contributed by atoms with Crippen molar-refractivity contribution in [2.75, 3.05) is 5.12 Å². The first kappa shape index (κ1) is 24.9. The fraction of sp³-hybridized carbons (Fsp3) is 0.400. The number of anilines is 1. The number of hydrogen-bond acceptors (Lipinski definition) is 4. The van der Waals surface area contributed by atoms with Gasteiger partial charge in [-0.1, -0.05) is 96.2 Å². The van der Waals surface area contributed by atoms with Crippen molar-refractivity contribution in [2.24, 2.45) is 5.10 Å². The summed E-state index contributed by atoms with van der Waals surface area (Å²) in [5, 5.41) is 17.0. The van der Waals surface area contributed by atoms with Gasteiger partial charge in [0.2, 0.25) is 0 Å². The maximum Gasteiger partial charge on any atom is 0.314 e. The van der Waals surface area contributed by atoms with Crippen LogP contribution in [0.2, 0.25) is 0 Å². The summed E-state index contributed by atoms with van der Waals surface area (Å²) in [6.07, 6.45) is 8.41. The van der Waals surface area contributed by atoms with E-state index >= 15 is 0 Å². The van der Waals surface area contributed by atoms with E-state index in [9.17, 15) is 9.90 Å². The molecule has 0 aromatic heterocycles. The Morgan fingerprint density at radius 3 is 2.09 bits per heavy atom. The number of aliphatic carboxylic acids is 1. The number of nitrogens with zero attached hydrogens (tertiary/aromatic N) is 2. The van der Waals surface area contributed by atoms with E-state index in [0.717, 1.165) is 22.5 Å². The van der Waals surface area contributed by atoms with E-state index in [1.54, 1.807) is 0 Å². The molecule has 2 atom stereocenters. The first-order valence-electron chi connectivity index (χ1n) is 12.3. The SMILES string of the molecule is CC(C)(C)c1ccc(C(C)(Cc2ccc(C(C)(C)C)cc2N2N=C3C=CC=CC3N2)C(=O)O)cc1. The second kappa shape index (κ2) is 8.80. The zero-order chi connectivity index (χ0) is 25.6. The Kier molecular flexibility index (Phi) is 6.26. The van der Waals surface area contributed by atoms with Crippen LogP contribution in [-0.4, -0.2) is 22.8 Å². The molecule has 1 aliphatic carbocycles. The van der Waals surface area contributed by atoms with Crippen LogP contribution in [0, 0.1) is 0 Å². The number of allylic oxidation sites excluding steroid dienone is 2. The Morgan fingerprint density at radius 1 is 0.914 bits per heavy atom. The first-order valence-corrected chi connectivity index (χ1v) is 12.3. The molecule has 0 bridgehead atoms. The zero-order valence-corrected chi connectivity index (χ0v) is 21.9. The molecular formula is C30H37N3O2. The Labute approximate surface area is 209 Å². The van der Waals surface area contributed by atoms with Gasteiger partial charge in [0.15, 0.2) is 0 Å². The largest absolute Gasteiger partial charge is 0.481 e. The second-order valence-corrected chi connectivity index (χ2v) is 11.9. The summed E-state index contributed by atoms with van der Waals surface area (Å²) in [4.78, 5) is 12.7. The van der Waals surface area contributed by atoms with Gasteiger partial charge in [0.05, 0.1) is 22.9 Å². The molecule has 5 nitrogen and oxygen atoms in total. The molecule has 2 N–H and O–H groups in total. The minimum absolute atomic E-state index is 0.00831. The molecule has 2 unspecified atom stereocenters. The van der Waals surface area contributed by atoms with Gasteiger partial charge < -0.3 is 5.11 Å². The molecule has 1 heterocycles. The van der Waals surface area contributed by atoms with Crippen molar-refractivity contribution < 1.29 is 9.90 Å². The van der Waals surface area contributed by atoms with Gasteiger partial charge in [-0.25, -0.2) is 0 Å². The van der Waals surface area contributed by atoms with Crippen molar-refractivity contribution in [3.8, 4) is 0 Å². The first-order chi connectivity index (χ1) is 16.3. The topological polar surface area (TPSA) is 64.9 Å². The van der Waals surface area contributed by atoms with Gasteiger partial charge in [-0.05, 0) is 58.6 Å². The van der Waals surface area contributed by atoms with Crippen molar-refractivity contribution in [3.05, 3.63) is 89.0 Å². The Hall–Kier alpha value is -3.18. The number of hydrazine groups is 1. The number of hydrogen-bond donors (Lipinski definition) is 2. The molecule has 5 heteroatoms. The normalized spacial score (nSPS) is 19.3. The third-order valence-corrected chi connectivity index (χ3v) is 7.06. The number of carboxylic acid groups (broad SMARTS) is 1. The molecule has 184 valence electrons. The van der Waals surface area contributed by atoms with E-state index < -0.39 is 11.4 Å². The maximum atomic E-state index is 12.7. The van der Waals surface area contributed by atoms with Crippen LogP contribution >= 0.6 is 0 Å². The minimum atomic E-state index is -1.09. The lowest BCUT2D eigenvalue weighted by atomic mass is 9.75. The lowest BCUT2D eigenvalue weighted by Gasteiger charge is -2.30. The summed E-state index contributed by atoms with van der Waals surface area (Å²) in [7, 11) is 0. The molecule has 2 aromatic rings. The highest BCUT2D eigenvalue weighted by atomic mass is 16.4. The van der Waals surface area contributed by atoms with Gasteiger partial charge in [0.1, 0.15) is 0 Å². The lowest BCUT2D eigenvalue weighted by molar-refractivity contribution is -0.143. The van der Waals surface area contributed by atoms with Crippen LogP contribution in [0.15, 0.2) is 71.9 Å². The highest BCUT2D eigenvalue weighted by Gasteiger charge is 2.37. The number of rotatable bonds is 5. The van der Waals surface area contributed by atoms with E-state index in [0.29, 0.717) is 6.42 Å². The van der Waals surface area contributed by atoms with Gasteiger partial charge in [-0.15, -0.1) is 0 Å². The minimum Gasteiger partial charge on any atom is -0.481 e. The fourth-order valence-corrected chi connectivity index (χ4v) is 4.53. The van der Waals surface area contributed by atoms with Gasteiger partial charge in [0, 0.05) is 0 Å². The van der Waals surface area contributed by atoms with Crippen molar-refractivity contribution in [2.45, 2.75) is 77.2 Å². The quantitative estimate of drug-likeness (QED) is 0.558. The molecule has 35 heavy (non-hydrogen) atoms. The molecule has 0 saturated heterocycles. The van der Waals surface area contributed by atoms with Crippen molar-refractivity contribution >= 4 is 17.4 Å². The molecule has 0 spiro atoms. The van der Waals surface area contributed by atoms with Crippen LogP contribution in [0.3, 0.4) is 0 Å². The third-order valence-electron chi connectivity index (χ3n) is 7.06. The number of hydrazone groups is 1. The van der Waals surface area contributed by atoms with Gasteiger partial charge in [-0.3, -0.25) is 4.79 Å². The molecule has 0 radical (unpaired) electrons. The highest BCUT2D eigenvalue weighted by molar-refractivity contribution is 6.03. The summed E-state index contributed by atoms with van der Waals surface area (Å²) in [5.74, 6) is -0.841. The monoisotopic (exact) mass is 471 g/mol. The van der Waals surface area contributed by atoms with Gasteiger partial charge in [0.25, 0.3) is 0 Å². The Bertz CT molecular complexity index is 1210. The van der Waals surface area contributed by atoms with Crippen LogP contribution < -0.4 is 10.5 Å². The molecule has 0 saturated carbocycles. The number of carbonyl (C=O) groups is 1. The summed E-state index contributed by atoms with van der Waals surface area (Å²) < 4.78 is 0. The number of fused-ring (bicyclic) bond motifs is 1. The third kappa shape index (κ3) is 4.96. The molecule has 1 aliphatic heterocycles. The van der Waals surface area contributed by atoms with E-state index in [1.165, 1.54) is 11.1 Å². The summed E-state index contributed by atoms with van der Waals surface area (Å²) >= 11 is 0. The van der Waals surface area contributed by atoms with E-state index in [2.05, 4.69) is 83.4 Å². The van der Waals surface area contributed by atoms with Crippen LogP contribution in [0.1, 0.15) is 70.7 Å². The van der Waals surface area contributed by atoms with E-state index in [-0.39, 0.29) is 16.9 Å². The average Bonchev–Trinajstić information content (AvgIpc) is 3.22. The lowest BCUT2D eigenvalue weighted by Crippen LogP contribution is -2.39. The van der Waals surface area contributed by atoms with Crippen molar-refractivity contribution in [3.63, 3.8) is 0 Å². The van der Waals surface area contributed by atoms with Crippen LogP contribution in [0.5, 0.6) is 0 Å². The maximum absolute atomic E-state index is 12.7. The van der Waals surface area contributed by atoms with Gasteiger partial charge >= 0.3 is 5.97 Å². The number of benzene rings is 2. The summed E-state index contributed by atoms with van der Waals surface area (Å²) in [6.45, 7) is 14.8. The summed E-state index contributed by atoms with van der Waals surface area (Å²) in [6, 6.07) is 14.4. The predicted octanol–water partition coefficient (Wildman–Crippen LogP) is 6.04.